The molecule has 1 atom stereocenters. The largest absolute Gasteiger partial charge is 0.481 e. The zero-order chi connectivity index (χ0) is 15.8. The molecule has 0 bridgehead atoms. The van der Waals surface area contributed by atoms with Crippen molar-refractivity contribution in [1.82, 2.24) is 10.2 Å². The molecule has 0 aromatic heterocycles. The second-order valence-corrected chi connectivity index (χ2v) is 6.11. The Hall–Kier alpha value is -1.30. The van der Waals surface area contributed by atoms with Crippen LogP contribution in [0.1, 0.15) is 40.0 Å². The van der Waals surface area contributed by atoms with Crippen molar-refractivity contribution in [1.29, 1.82) is 0 Å². The molecule has 0 radical (unpaired) electrons. The van der Waals surface area contributed by atoms with E-state index in [1.165, 1.54) is 0 Å². The van der Waals surface area contributed by atoms with Crippen LogP contribution in [0, 0.1) is 11.8 Å². The lowest BCUT2D eigenvalue weighted by molar-refractivity contribution is -0.138. The molecule has 21 heavy (non-hydrogen) atoms. The Bertz CT molecular complexity index is 339. The maximum absolute atomic E-state index is 12.0. The van der Waals surface area contributed by atoms with E-state index >= 15 is 0 Å². The number of amides is 2. The first-order valence-electron chi connectivity index (χ1n) is 7.76. The Kier molecular flexibility index (Phi) is 7.50. The van der Waals surface area contributed by atoms with Gasteiger partial charge in [0.15, 0.2) is 0 Å². The van der Waals surface area contributed by atoms with Crippen LogP contribution in [0.4, 0.5) is 4.79 Å². The van der Waals surface area contributed by atoms with Crippen LogP contribution >= 0.6 is 0 Å². The highest BCUT2D eigenvalue weighted by Crippen LogP contribution is 2.14. The Balaban J connectivity index is 2.19. The first-order valence-corrected chi connectivity index (χ1v) is 7.76. The molecule has 2 N–H and O–H groups in total. The number of piperidine rings is 1. The SMILES string of the molecule is CC(C)C(C)CNC(=O)N1CCC(OCCC(=O)O)CC1. The van der Waals surface area contributed by atoms with Gasteiger partial charge in [0.25, 0.3) is 0 Å². The molecule has 1 aliphatic rings. The van der Waals surface area contributed by atoms with Gasteiger partial charge in [-0.05, 0) is 24.7 Å². The molecule has 1 saturated heterocycles. The van der Waals surface area contributed by atoms with Crippen LogP contribution in [-0.2, 0) is 9.53 Å². The fraction of sp³-hybridized carbons (Fsp3) is 0.867. The van der Waals surface area contributed by atoms with Crippen molar-refractivity contribution in [2.45, 2.75) is 46.1 Å². The first kappa shape index (κ1) is 17.8. The molecule has 6 heteroatoms. The molecular weight excluding hydrogens is 272 g/mol. The predicted octanol–water partition coefficient (Wildman–Crippen LogP) is 1.94. The predicted molar refractivity (Wildman–Crippen MR) is 80.2 cm³/mol. The minimum atomic E-state index is -0.842. The number of nitrogens with zero attached hydrogens (tertiary/aromatic N) is 1. The smallest absolute Gasteiger partial charge is 0.317 e. The van der Waals surface area contributed by atoms with Crippen molar-refractivity contribution in [2.24, 2.45) is 11.8 Å². The summed E-state index contributed by atoms with van der Waals surface area (Å²) >= 11 is 0. The molecule has 122 valence electrons. The molecule has 6 nitrogen and oxygen atoms in total. The van der Waals surface area contributed by atoms with E-state index in [0.29, 0.717) is 31.5 Å². The van der Waals surface area contributed by atoms with Crippen LogP contribution in [-0.4, -0.2) is 54.4 Å². The van der Waals surface area contributed by atoms with Crippen molar-refractivity contribution in [2.75, 3.05) is 26.2 Å². The number of hydrogen-bond acceptors (Lipinski definition) is 3. The van der Waals surface area contributed by atoms with E-state index in [9.17, 15) is 9.59 Å². The fourth-order valence-corrected chi connectivity index (χ4v) is 2.13. The number of rotatable bonds is 7. The lowest BCUT2D eigenvalue weighted by Crippen LogP contribution is -2.47. The molecule has 1 heterocycles. The number of likely N-dealkylation sites (tertiary alicyclic amines) is 1. The summed E-state index contributed by atoms with van der Waals surface area (Å²) in [6, 6.07) is -0.00788. The lowest BCUT2D eigenvalue weighted by Gasteiger charge is -2.32. The van der Waals surface area contributed by atoms with Crippen molar-refractivity contribution >= 4 is 12.0 Å². The molecule has 2 amide bonds. The average Bonchev–Trinajstić information content (AvgIpc) is 2.44. The number of aliphatic carboxylic acids is 1. The quantitative estimate of drug-likeness (QED) is 0.753. The van der Waals surface area contributed by atoms with Gasteiger partial charge >= 0.3 is 12.0 Å². The highest BCUT2D eigenvalue weighted by atomic mass is 16.5. The van der Waals surface area contributed by atoms with Gasteiger partial charge in [-0.3, -0.25) is 4.79 Å². The van der Waals surface area contributed by atoms with Crippen LogP contribution in [0.2, 0.25) is 0 Å². The summed E-state index contributed by atoms with van der Waals surface area (Å²) in [5.74, 6) is 0.176. The zero-order valence-corrected chi connectivity index (χ0v) is 13.3. The Morgan fingerprint density at radius 2 is 1.90 bits per heavy atom. The Labute approximate surface area is 126 Å². The average molecular weight is 300 g/mol. The first-order chi connectivity index (χ1) is 9.90. The number of carboxylic acids is 1. The zero-order valence-electron chi connectivity index (χ0n) is 13.3. The second-order valence-electron chi connectivity index (χ2n) is 6.11. The minimum Gasteiger partial charge on any atom is -0.481 e. The third kappa shape index (κ3) is 6.80. The third-order valence-electron chi connectivity index (χ3n) is 4.11. The van der Waals surface area contributed by atoms with Gasteiger partial charge in [-0.25, -0.2) is 4.79 Å². The second kappa shape index (κ2) is 8.87. The van der Waals surface area contributed by atoms with Crippen LogP contribution in [0.15, 0.2) is 0 Å². The molecule has 0 aromatic rings. The number of carbonyl (C=O) groups is 2. The molecule has 1 fully saturated rings. The summed E-state index contributed by atoms with van der Waals surface area (Å²) in [6.07, 6.45) is 1.65. The van der Waals surface area contributed by atoms with Crippen molar-refractivity contribution in [3.8, 4) is 0 Å². The van der Waals surface area contributed by atoms with E-state index in [0.717, 1.165) is 12.8 Å². The van der Waals surface area contributed by atoms with Gasteiger partial charge in [-0.1, -0.05) is 20.8 Å². The summed E-state index contributed by atoms with van der Waals surface area (Å²) in [7, 11) is 0. The van der Waals surface area contributed by atoms with Gasteiger partial charge in [-0.15, -0.1) is 0 Å². The molecule has 0 spiro atoms. The summed E-state index contributed by atoms with van der Waals surface area (Å²) < 4.78 is 5.51. The Morgan fingerprint density at radius 3 is 2.43 bits per heavy atom. The van der Waals surface area contributed by atoms with Crippen LogP contribution < -0.4 is 5.32 Å². The van der Waals surface area contributed by atoms with Gasteiger partial charge in [0, 0.05) is 19.6 Å². The van der Waals surface area contributed by atoms with Crippen LogP contribution in [0.25, 0.3) is 0 Å². The molecule has 1 unspecified atom stereocenters. The van der Waals surface area contributed by atoms with E-state index in [-0.39, 0.29) is 25.2 Å². The lowest BCUT2D eigenvalue weighted by atomic mass is 9.98. The van der Waals surface area contributed by atoms with Gasteiger partial charge in [0.05, 0.1) is 19.1 Å². The highest BCUT2D eigenvalue weighted by Gasteiger charge is 2.23. The summed E-state index contributed by atoms with van der Waals surface area (Å²) in [6.45, 7) is 8.71. The van der Waals surface area contributed by atoms with Crippen LogP contribution in [0.3, 0.4) is 0 Å². The van der Waals surface area contributed by atoms with Gasteiger partial charge in [0.1, 0.15) is 0 Å². The minimum absolute atomic E-state index is 0.00788. The van der Waals surface area contributed by atoms with Gasteiger partial charge in [-0.2, -0.15) is 0 Å². The number of urea groups is 1. The number of hydrogen-bond donors (Lipinski definition) is 2. The fourth-order valence-electron chi connectivity index (χ4n) is 2.13. The number of ether oxygens (including phenoxy) is 1. The van der Waals surface area contributed by atoms with Gasteiger partial charge in [0.2, 0.25) is 0 Å². The van der Waals surface area contributed by atoms with E-state index in [1.807, 2.05) is 4.90 Å². The Morgan fingerprint density at radius 1 is 1.29 bits per heavy atom. The maximum atomic E-state index is 12.0. The molecule has 1 aliphatic heterocycles. The number of carboxylic acid groups (broad SMARTS) is 1. The van der Waals surface area contributed by atoms with Crippen molar-refractivity contribution in [3.05, 3.63) is 0 Å². The normalized spacial score (nSPS) is 17.8. The van der Waals surface area contributed by atoms with Gasteiger partial charge < -0.3 is 20.1 Å². The number of carbonyl (C=O) groups excluding carboxylic acids is 1. The molecule has 0 saturated carbocycles. The molecule has 1 rings (SSSR count). The maximum Gasteiger partial charge on any atom is 0.317 e. The van der Waals surface area contributed by atoms with Crippen LogP contribution in [0.5, 0.6) is 0 Å². The standard InChI is InChI=1S/C15H28N2O4/c1-11(2)12(3)10-16-15(20)17-7-4-13(5-8-17)21-9-6-14(18)19/h11-13H,4-10H2,1-3H3,(H,16,20)(H,18,19). The van der Waals surface area contributed by atoms with E-state index < -0.39 is 5.97 Å². The summed E-state index contributed by atoms with van der Waals surface area (Å²) in [4.78, 5) is 24.3. The molecular formula is C15H28N2O4. The summed E-state index contributed by atoms with van der Waals surface area (Å²) in [5, 5.41) is 11.5. The number of nitrogens with one attached hydrogen (secondary N) is 1. The monoisotopic (exact) mass is 300 g/mol. The topological polar surface area (TPSA) is 78.9 Å². The van der Waals surface area contributed by atoms with E-state index in [1.54, 1.807) is 0 Å². The molecule has 0 aromatic carbocycles. The van der Waals surface area contributed by atoms with E-state index in [2.05, 4.69) is 26.1 Å². The highest BCUT2D eigenvalue weighted by molar-refractivity contribution is 5.74. The summed E-state index contributed by atoms with van der Waals surface area (Å²) in [5.41, 5.74) is 0. The molecule has 0 aliphatic carbocycles. The van der Waals surface area contributed by atoms with Crippen molar-refractivity contribution < 1.29 is 19.4 Å². The van der Waals surface area contributed by atoms with Crippen molar-refractivity contribution in [3.63, 3.8) is 0 Å². The third-order valence-corrected chi connectivity index (χ3v) is 4.11. The van der Waals surface area contributed by atoms with E-state index in [4.69, 9.17) is 9.84 Å².